The van der Waals surface area contributed by atoms with E-state index in [1.165, 1.54) is 12.1 Å². The molecule has 0 saturated heterocycles. The molecule has 0 aliphatic carbocycles. The molecule has 0 N–H and O–H groups in total. The van der Waals surface area contributed by atoms with Crippen LogP contribution in [0, 0.1) is 17.1 Å². The maximum absolute atomic E-state index is 13.5. The molecule has 0 aliphatic heterocycles. The molecule has 3 heteroatoms. The number of halogens is 1. The zero-order chi connectivity index (χ0) is 12.3. The lowest BCUT2D eigenvalue weighted by molar-refractivity contribution is 0.415. The second-order valence-corrected chi connectivity index (χ2v) is 3.54. The van der Waals surface area contributed by atoms with Gasteiger partial charge >= 0.3 is 0 Å². The summed E-state index contributed by atoms with van der Waals surface area (Å²) in [5.41, 5.74) is 1.63. The SMILES string of the molecule is COc1cccc(-c2ccc(C#N)c(F)c2)c1. The highest BCUT2D eigenvalue weighted by molar-refractivity contribution is 5.66. The van der Waals surface area contributed by atoms with E-state index in [-0.39, 0.29) is 5.56 Å². The summed E-state index contributed by atoms with van der Waals surface area (Å²) < 4.78 is 18.6. The molecular weight excluding hydrogens is 217 g/mol. The standard InChI is InChI=1S/C14H10FNO/c1-17-13-4-2-3-10(7-13)11-5-6-12(9-16)14(15)8-11/h2-8H,1H3. The van der Waals surface area contributed by atoms with Crippen LogP contribution < -0.4 is 4.74 Å². The Morgan fingerprint density at radius 2 is 1.88 bits per heavy atom. The minimum Gasteiger partial charge on any atom is -0.497 e. The average Bonchev–Trinajstić information content (AvgIpc) is 2.38. The van der Waals surface area contributed by atoms with E-state index >= 15 is 0 Å². The van der Waals surface area contributed by atoms with Gasteiger partial charge < -0.3 is 4.74 Å². The van der Waals surface area contributed by atoms with Crippen molar-refractivity contribution in [2.24, 2.45) is 0 Å². The molecule has 0 bridgehead atoms. The van der Waals surface area contributed by atoms with Gasteiger partial charge in [-0.25, -0.2) is 4.39 Å². The molecule has 0 amide bonds. The number of nitrogens with zero attached hydrogens (tertiary/aromatic N) is 1. The van der Waals surface area contributed by atoms with Crippen LogP contribution in [0.3, 0.4) is 0 Å². The van der Waals surface area contributed by atoms with Crippen molar-refractivity contribution in [3.63, 3.8) is 0 Å². The minimum absolute atomic E-state index is 0.0525. The Balaban J connectivity index is 2.46. The highest BCUT2D eigenvalue weighted by atomic mass is 19.1. The van der Waals surface area contributed by atoms with Gasteiger partial charge in [-0.2, -0.15) is 5.26 Å². The Labute approximate surface area is 98.9 Å². The van der Waals surface area contributed by atoms with E-state index in [4.69, 9.17) is 10.00 Å². The third kappa shape index (κ3) is 2.26. The molecule has 0 radical (unpaired) electrons. The summed E-state index contributed by atoms with van der Waals surface area (Å²) in [6, 6.07) is 13.7. The van der Waals surface area contributed by atoms with Crippen LogP contribution in [0.2, 0.25) is 0 Å². The number of nitriles is 1. The molecule has 0 saturated carbocycles. The van der Waals surface area contributed by atoms with E-state index in [9.17, 15) is 4.39 Å². The van der Waals surface area contributed by atoms with Crippen LogP contribution in [-0.4, -0.2) is 7.11 Å². The Kier molecular flexibility index (Phi) is 3.06. The van der Waals surface area contributed by atoms with Gasteiger partial charge in [-0.3, -0.25) is 0 Å². The predicted octanol–water partition coefficient (Wildman–Crippen LogP) is 3.37. The van der Waals surface area contributed by atoms with Gasteiger partial charge in [-0.15, -0.1) is 0 Å². The van der Waals surface area contributed by atoms with Gasteiger partial charge in [0.2, 0.25) is 0 Å². The minimum atomic E-state index is -0.507. The summed E-state index contributed by atoms with van der Waals surface area (Å²) in [5, 5.41) is 8.65. The lowest BCUT2D eigenvalue weighted by atomic mass is 10.0. The van der Waals surface area contributed by atoms with Gasteiger partial charge in [0, 0.05) is 0 Å². The van der Waals surface area contributed by atoms with Gasteiger partial charge in [0.1, 0.15) is 17.6 Å². The van der Waals surface area contributed by atoms with Gasteiger partial charge in [-0.1, -0.05) is 18.2 Å². The monoisotopic (exact) mass is 227 g/mol. The summed E-state index contributed by atoms with van der Waals surface area (Å²) >= 11 is 0. The Morgan fingerprint density at radius 1 is 1.12 bits per heavy atom. The van der Waals surface area contributed by atoms with E-state index in [2.05, 4.69) is 0 Å². The van der Waals surface area contributed by atoms with Crippen molar-refractivity contribution in [3.8, 4) is 22.9 Å². The van der Waals surface area contributed by atoms with E-state index in [0.29, 0.717) is 5.75 Å². The quantitative estimate of drug-likeness (QED) is 0.788. The van der Waals surface area contributed by atoms with Crippen molar-refractivity contribution in [2.45, 2.75) is 0 Å². The average molecular weight is 227 g/mol. The third-order valence-corrected chi connectivity index (χ3v) is 2.49. The molecule has 2 aromatic carbocycles. The largest absolute Gasteiger partial charge is 0.497 e. The topological polar surface area (TPSA) is 33.0 Å². The molecule has 0 atom stereocenters. The van der Waals surface area contributed by atoms with Crippen LogP contribution in [-0.2, 0) is 0 Å². The Bertz CT molecular complexity index is 587. The van der Waals surface area contributed by atoms with Crippen molar-refractivity contribution in [1.29, 1.82) is 5.26 Å². The number of benzene rings is 2. The fraction of sp³-hybridized carbons (Fsp3) is 0.0714. The van der Waals surface area contributed by atoms with Crippen LogP contribution in [0.5, 0.6) is 5.75 Å². The summed E-state index contributed by atoms with van der Waals surface area (Å²) in [6.45, 7) is 0. The molecule has 84 valence electrons. The molecule has 0 aliphatic rings. The fourth-order valence-electron chi connectivity index (χ4n) is 1.59. The smallest absolute Gasteiger partial charge is 0.141 e. The summed E-state index contributed by atoms with van der Waals surface area (Å²) in [4.78, 5) is 0. The fourth-order valence-corrected chi connectivity index (χ4v) is 1.59. The molecule has 0 unspecified atom stereocenters. The van der Waals surface area contributed by atoms with Crippen LogP contribution in [0.4, 0.5) is 4.39 Å². The highest BCUT2D eigenvalue weighted by Crippen LogP contribution is 2.25. The van der Waals surface area contributed by atoms with E-state index < -0.39 is 5.82 Å². The van der Waals surface area contributed by atoms with Gasteiger partial charge in [0.15, 0.2) is 0 Å². The first kappa shape index (κ1) is 11.2. The number of hydrogen-bond acceptors (Lipinski definition) is 2. The number of ether oxygens (including phenoxy) is 1. The molecule has 17 heavy (non-hydrogen) atoms. The molecule has 0 heterocycles. The summed E-state index contributed by atoms with van der Waals surface area (Å²) in [7, 11) is 1.58. The summed E-state index contributed by atoms with van der Waals surface area (Å²) in [5.74, 6) is 0.208. The first-order valence-corrected chi connectivity index (χ1v) is 5.08. The number of rotatable bonds is 2. The molecule has 0 aromatic heterocycles. The van der Waals surface area contributed by atoms with Crippen LogP contribution >= 0.6 is 0 Å². The highest BCUT2D eigenvalue weighted by Gasteiger charge is 2.05. The van der Waals surface area contributed by atoms with E-state index in [0.717, 1.165) is 11.1 Å². The van der Waals surface area contributed by atoms with Crippen LogP contribution in [0.1, 0.15) is 5.56 Å². The first-order chi connectivity index (χ1) is 8.24. The Hall–Kier alpha value is -2.34. The predicted molar refractivity (Wildman–Crippen MR) is 63.1 cm³/mol. The maximum Gasteiger partial charge on any atom is 0.141 e. The first-order valence-electron chi connectivity index (χ1n) is 5.08. The normalized spacial score (nSPS) is 9.71. The molecule has 2 nitrogen and oxygen atoms in total. The number of methoxy groups -OCH3 is 1. The number of hydrogen-bond donors (Lipinski definition) is 0. The maximum atomic E-state index is 13.5. The van der Waals surface area contributed by atoms with Crippen molar-refractivity contribution in [1.82, 2.24) is 0 Å². The molecule has 0 fully saturated rings. The Morgan fingerprint density at radius 3 is 2.53 bits per heavy atom. The molecule has 0 spiro atoms. The van der Waals surface area contributed by atoms with Crippen LogP contribution in [0.25, 0.3) is 11.1 Å². The lowest BCUT2D eigenvalue weighted by Crippen LogP contribution is -1.87. The second-order valence-electron chi connectivity index (χ2n) is 3.54. The molecule has 2 rings (SSSR count). The van der Waals surface area contributed by atoms with Crippen LogP contribution in [0.15, 0.2) is 42.5 Å². The summed E-state index contributed by atoms with van der Waals surface area (Å²) in [6.07, 6.45) is 0. The van der Waals surface area contributed by atoms with E-state index in [1.54, 1.807) is 19.2 Å². The second kappa shape index (κ2) is 4.67. The van der Waals surface area contributed by atoms with Crippen molar-refractivity contribution >= 4 is 0 Å². The van der Waals surface area contributed by atoms with Crippen molar-refractivity contribution in [3.05, 3.63) is 53.8 Å². The van der Waals surface area contributed by atoms with E-state index in [1.807, 2.05) is 24.3 Å². The molecule has 2 aromatic rings. The molecular formula is C14H10FNO. The van der Waals surface area contributed by atoms with Crippen molar-refractivity contribution < 1.29 is 9.13 Å². The van der Waals surface area contributed by atoms with Crippen molar-refractivity contribution in [2.75, 3.05) is 7.11 Å². The third-order valence-electron chi connectivity index (χ3n) is 2.49. The zero-order valence-corrected chi connectivity index (χ0v) is 9.27. The lowest BCUT2D eigenvalue weighted by Gasteiger charge is -2.05. The van der Waals surface area contributed by atoms with Gasteiger partial charge in [0.05, 0.1) is 12.7 Å². The zero-order valence-electron chi connectivity index (χ0n) is 9.27. The van der Waals surface area contributed by atoms with Gasteiger partial charge in [0.25, 0.3) is 0 Å². The van der Waals surface area contributed by atoms with Gasteiger partial charge in [-0.05, 0) is 35.4 Å².